The van der Waals surface area contributed by atoms with Crippen molar-refractivity contribution in [3.8, 4) is 0 Å². The molecular weight excluding hydrogens is 516 g/mol. The summed E-state index contributed by atoms with van der Waals surface area (Å²) < 4.78 is 10.8. The summed E-state index contributed by atoms with van der Waals surface area (Å²) in [5.74, 6) is -0.874. The first kappa shape index (κ1) is 28.4. The predicted molar refractivity (Wildman–Crippen MR) is 151 cm³/mol. The Labute approximate surface area is 233 Å². The van der Waals surface area contributed by atoms with Gasteiger partial charge in [0.15, 0.2) is 5.13 Å². The highest BCUT2D eigenvalue weighted by atomic mass is 32.1. The van der Waals surface area contributed by atoms with E-state index < -0.39 is 30.3 Å². The summed E-state index contributed by atoms with van der Waals surface area (Å²) in [5.41, 5.74) is 4.04. The highest BCUT2D eigenvalue weighted by Gasteiger charge is 2.45. The number of allylic oxidation sites excluding steroid dienone is 1. The number of benzene rings is 1. The van der Waals surface area contributed by atoms with Gasteiger partial charge in [-0.25, -0.2) is 14.6 Å². The number of ether oxygens (including phenoxy) is 2. The molecule has 0 bridgehead atoms. The normalized spacial score (nSPS) is 19.0. The summed E-state index contributed by atoms with van der Waals surface area (Å²) in [6.07, 6.45) is 4.30. The van der Waals surface area contributed by atoms with Crippen LogP contribution in [-0.4, -0.2) is 64.6 Å². The van der Waals surface area contributed by atoms with Crippen LogP contribution in [0.1, 0.15) is 49.1 Å². The number of hydrogen-bond donors (Lipinski definition) is 1. The van der Waals surface area contributed by atoms with Crippen molar-refractivity contribution >= 4 is 40.5 Å². The van der Waals surface area contributed by atoms with Crippen LogP contribution in [-0.2, 0) is 38.6 Å². The van der Waals surface area contributed by atoms with Gasteiger partial charge in [0.25, 0.3) is 0 Å². The molecule has 0 spiro atoms. The first-order valence-electron chi connectivity index (χ1n) is 13.1. The number of thiazole rings is 1. The van der Waals surface area contributed by atoms with E-state index in [1.54, 1.807) is 11.0 Å². The van der Waals surface area contributed by atoms with E-state index in [0.717, 1.165) is 35.2 Å². The summed E-state index contributed by atoms with van der Waals surface area (Å²) in [6, 6.07) is 4.44. The number of methoxy groups -OCH3 is 1. The van der Waals surface area contributed by atoms with Crippen LogP contribution < -0.4 is 5.32 Å². The summed E-state index contributed by atoms with van der Waals surface area (Å²) in [7, 11) is 1.29. The van der Waals surface area contributed by atoms with E-state index in [1.807, 2.05) is 43.5 Å². The minimum Gasteiger partial charge on any atom is -0.467 e. The first-order valence-corrected chi connectivity index (χ1v) is 14.0. The second kappa shape index (κ2) is 12.5. The molecule has 39 heavy (non-hydrogen) atoms. The fourth-order valence-electron chi connectivity index (χ4n) is 5.03. The van der Waals surface area contributed by atoms with Crippen LogP contribution in [0.3, 0.4) is 0 Å². The molecule has 0 aliphatic carbocycles. The highest BCUT2D eigenvalue weighted by molar-refractivity contribution is 7.13. The van der Waals surface area contributed by atoms with Crippen molar-refractivity contribution in [2.24, 2.45) is 5.92 Å². The Bertz CT molecular complexity index is 1240. The van der Waals surface area contributed by atoms with Crippen LogP contribution in [0.4, 0.5) is 9.93 Å². The van der Waals surface area contributed by atoms with Crippen molar-refractivity contribution in [3.63, 3.8) is 0 Å². The number of amides is 2. The summed E-state index contributed by atoms with van der Waals surface area (Å²) in [4.78, 5) is 47.2. The molecule has 1 saturated heterocycles. The number of aryl methyl sites for hydroxylation is 1. The molecule has 0 saturated carbocycles. The molecule has 2 aromatic rings. The largest absolute Gasteiger partial charge is 0.467 e. The lowest BCUT2D eigenvalue weighted by Crippen LogP contribution is -2.50. The van der Waals surface area contributed by atoms with Crippen LogP contribution >= 0.6 is 11.3 Å². The molecule has 1 fully saturated rings. The minimum absolute atomic E-state index is 0.0833. The Kier molecular flexibility index (Phi) is 9.06. The lowest BCUT2D eigenvalue weighted by molar-refractivity contribution is -0.151. The van der Waals surface area contributed by atoms with Crippen LogP contribution in [0.25, 0.3) is 6.08 Å². The molecule has 0 unspecified atom stereocenters. The average molecular weight is 553 g/mol. The van der Waals surface area contributed by atoms with E-state index in [9.17, 15) is 14.4 Å². The molecule has 208 valence electrons. The van der Waals surface area contributed by atoms with E-state index >= 15 is 0 Å². The maximum Gasteiger partial charge on any atom is 0.410 e. The summed E-state index contributed by atoms with van der Waals surface area (Å²) in [6.45, 7) is 12.4. The second-order valence-corrected chi connectivity index (χ2v) is 11.0. The number of rotatable bonds is 10. The number of carbonyl (C=O) groups is 3. The van der Waals surface area contributed by atoms with Gasteiger partial charge < -0.3 is 19.7 Å². The van der Waals surface area contributed by atoms with Crippen molar-refractivity contribution < 1.29 is 23.9 Å². The Morgan fingerprint density at radius 2 is 2.05 bits per heavy atom. The third-order valence-electron chi connectivity index (χ3n) is 7.15. The molecule has 9 nitrogen and oxygen atoms in total. The Morgan fingerprint density at radius 1 is 1.26 bits per heavy atom. The standard InChI is InChI=1S/C29H36N4O5S/c1-6-8-12-21-17-39-28(30-21)31-25(18(3)4)26(34)33-15-22(13-24(33)27(35)37-5)38-29(36)32-14-20-11-9-10-19(7-2)23(20)16-32/h6-7,9-11,17-18,22,24-25H,1-2,8,12-16H2,3-5H3,(H,30,31)/t22-,24+,25+/m1/s1. The van der Waals surface area contributed by atoms with E-state index in [4.69, 9.17) is 9.47 Å². The van der Waals surface area contributed by atoms with Gasteiger partial charge in [0.05, 0.1) is 25.9 Å². The molecule has 1 aromatic heterocycles. The minimum atomic E-state index is -0.842. The molecule has 0 radical (unpaired) electrons. The zero-order chi connectivity index (χ0) is 28.1. The molecule has 3 heterocycles. The summed E-state index contributed by atoms with van der Waals surface area (Å²) in [5, 5.41) is 5.87. The molecule has 1 aromatic carbocycles. The average Bonchev–Trinajstić information content (AvgIpc) is 3.67. The zero-order valence-corrected chi connectivity index (χ0v) is 23.5. The van der Waals surface area contributed by atoms with Crippen molar-refractivity contribution in [1.29, 1.82) is 0 Å². The summed E-state index contributed by atoms with van der Waals surface area (Å²) >= 11 is 1.44. The van der Waals surface area contributed by atoms with Crippen molar-refractivity contribution in [3.05, 3.63) is 65.2 Å². The van der Waals surface area contributed by atoms with Crippen LogP contribution in [0.2, 0.25) is 0 Å². The molecule has 2 amide bonds. The lowest BCUT2D eigenvalue weighted by atomic mass is 10.0. The molecular formula is C29H36N4O5S. The number of likely N-dealkylation sites (tertiary alicyclic amines) is 1. The molecule has 10 heteroatoms. The Morgan fingerprint density at radius 3 is 2.74 bits per heavy atom. The molecule has 3 atom stereocenters. The maximum atomic E-state index is 13.8. The van der Waals surface area contributed by atoms with Gasteiger partial charge in [-0.05, 0) is 35.4 Å². The van der Waals surface area contributed by atoms with Gasteiger partial charge in [0.2, 0.25) is 5.91 Å². The number of anilines is 1. The fraction of sp³-hybridized carbons (Fsp3) is 0.448. The van der Waals surface area contributed by atoms with Gasteiger partial charge in [0.1, 0.15) is 18.2 Å². The number of nitrogens with zero attached hydrogens (tertiary/aromatic N) is 3. The third-order valence-corrected chi connectivity index (χ3v) is 7.97. The first-order chi connectivity index (χ1) is 18.7. The Balaban J connectivity index is 1.44. The number of esters is 1. The van der Waals surface area contributed by atoms with Crippen LogP contribution in [0.15, 0.2) is 42.8 Å². The number of nitrogens with one attached hydrogen (secondary N) is 1. The van der Waals surface area contributed by atoms with Gasteiger partial charge in [-0.2, -0.15) is 0 Å². The zero-order valence-electron chi connectivity index (χ0n) is 22.7. The molecule has 2 aliphatic rings. The lowest BCUT2D eigenvalue weighted by Gasteiger charge is -2.29. The molecule has 2 aliphatic heterocycles. The van der Waals surface area contributed by atoms with Gasteiger partial charge >= 0.3 is 12.1 Å². The van der Waals surface area contributed by atoms with Gasteiger partial charge in [-0.15, -0.1) is 17.9 Å². The van der Waals surface area contributed by atoms with E-state index in [-0.39, 0.29) is 24.8 Å². The van der Waals surface area contributed by atoms with Crippen molar-refractivity contribution in [1.82, 2.24) is 14.8 Å². The second-order valence-electron chi connectivity index (χ2n) is 10.2. The number of carbonyl (C=O) groups excluding carboxylic acids is 3. The van der Waals surface area contributed by atoms with Crippen molar-refractivity contribution in [2.45, 2.75) is 64.4 Å². The monoisotopic (exact) mass is 552 g/mol. The number of fused-ring (bicyclic) bond motifs is 1. The molecule has 4 rings (SSSR count). The predicted octanol–water partition coefficient (Wildman–Crippen LogP) is 4.64. The topological polar surface area (TPSA) is 101 Å². The van der Waals surface area contributed by atoms with Crippen LogP contribution in [0.5, 0.6) is 0 Å². The Hall–Kier alpha value is -3.66. The van der Waals surface area contributed by atoms with Gasteiger partial charge in [0, 0.05) is 18.3 Å². The van der Waals surface area contributed by atoms with Gasteiger partial charge in [-0.3, -0.25) is 9.69 Å². The smallest absolute Gasteiger partial charge is 0.410 e. The fourth-order valence-corrected chi connectivity index (χ4v) is 5.82. The van der Waals surface area contributed by atoms with Crippen LogP contribution in [0, 0.1) is 5.92 Å². The van der Waals surface area contributed by atoms with Gasteiger partial charge in [-0.1, -0.05) is 50.8 Å². The maximum absolute atomic E-state index is 13.8. The molecule has 1 N–H and O–H groups in total. The highest BCUT2D eigenvalue weighted by Crippen LogP contribution is 2.30. The number of aromatic nitrogens is 1. The number of hydrogen-bond acceptors (Lipinski definition) is 8. The van der Waals surface area contributed by atoms with E-state index in [0.29, 0.717) is 18.2 Å². The SMILES string of the molecule is C=CCCc1csc(N[C@H](C(=O)N2C[C@H](OC(=O)N3Cc4cccc(C=C)c4C3)C[C@H]2C(=O)OC)C(C)C)n1. The third kappa shape index (κ3) is 6.33. The van der Waals surface area contributed by atoms with Crippen molar-refractivity contribution in [2.75, 3.05) is 19.0 Å². The van der Waals surface area contributed by atoms with E-state index in [1.165, 1.54) is 23.3 Å². The van der Waals surface area contributed by atoms with E-state index in [2.05, 4.69) is 23.5 Å². The quantitative estimate of drug-likeness (QED) is 0.339.